The molecule has 0 unspecified atom stereocenters. The van der Waals surface area contributed by atoms with Crippen LogP contribution in [0.5, 0.6) is 0 Å². The number of carbonyl (C=O) groups is 4. The second kappa shape index (κ2) is 14.3. The van der Waals surface area contributed by atoms with Crippen LogP contribution in [0.1, 0.15) is 103 Å². The summed E-state index contributed by atoms with van der Waals surface area (Å²) in [7, 11) is 0. The fourth-order valence-electron chi connectivity index (χ4n) is 8.51. The summed E-state index contributed by atoms with van der Waals surface area (Å²) in [6.45, 7) is 18.0. The van der Waals surface area contributed by atoms with Crippen molar-refractivity contribution in [3.8, 4) is 0 Å². The van der Waals surface area contributed by atoms with Gasteiger partial charge in [-0.25, -0.2) is 9.59 Å². The van der Waals surface area contributed by atoms with E-state index < -0.39 is 29.1 Å². The summed E-state index contributed by atoms with van der Waals surface area (Å²) in [5, 5.41) is 12.2. The van der Waals surface area contributed by atoms with Gasteiger partial charge >= 0.3 is 12.1 Å². The third-order valence-electron chi connectivity index (χ3n) is 10.9. The number of amides is 3. The Morgan fingerprint density at radius 1 is 0.902 bits per heavy atom. The predicted octanol–water partition coefficient (Wildman–Crippen LogP) is 7.47. The van der Waals surface area contributed by atoms with E-state index in [9.17, 15) is 24.3 Å². The van der Waals surface area contributed by atoms with E-state index in [1.165, 1.54) is 5.57 Å². The van der Waals surface area contributed by atoms with Crippen molar-refractivity contribution in [1.82, 2.24) is 15.1 Å². The molecule has 9 nitrogen and oxygen atoms in total. The minimum Gasteiger partial charge on any atom is -0.478 e. The van der Waals surface area contributed by atoms with Gasteiger partial charge in [0.1, 0.15) is 11.6 Å². The molecule has 3 amide bonds. The Labute approximate surface area is 303 Å². The molecule has 51 heavy (non-hydrogen) atoms. The molecular formula is C42H55N3O6. The summed E-state index contributed by atoms with van der Waals surface area (Å²) in [5.74, 6) is -0.830. The number of carbonyl (C=O) groups excluding carboxylic acids is 3. The SMILES string of the molecule is CC(C)C[C@H](NC(=O)OC(C)(C)C)C(=O)N1CCC(C(=O)N2CC=C3C(C)(C)C(c4ccc(C(=O)O)cc4)=CC[C@]3(C)C2)(c2ccccc2)CC1. The fourth-order valence-corrected chi connectivity index (χ4v) is 8.51. The number of nitrogens with zero attached hydrogens (tertiary/aromatic N) is 2. The Bertz CT molecular complexity index is 1690. The first kappa shape index (κ1) is 37.8. The average molecular weight is 698 g/mol. The molecule has 2 aromatic rings. The number of likely N-dealkylation sites (tertiary alicyclic amines) is 1. The van der Waals surface area contributed by atoms with Crippen molar-refractivity contribution >= 4 is 29.5 Å². The first-order valence-electron chi connectivity index (χ1n) is 18.2. The van der Waals surface area contributed by atoms with Crippen LogP contribution in [0.15, 0.2) is 72.3 Å². The smallest absolute Gasteiger partial charge is 0.408 e. The van der Waals surface area contributed by atoms with E-state index in [1.54, 1.807) is 37.8 Å². The number of carboxylic acids is 1. The molecule has 2 N–H and O–H groups in total. The Kier molecular flexibility index (Phi) is 10.6. The number of rotatable bonds is 8. The van der Waals surface area contributed by atoms with E-state index in [2.05, 4.69) is 38.2 Å². The Morgan fingerprint density at radius 3 is 2.10 bits per heavy atom. The van der Waals surface area contributed by atoms with Gasteiger partial charge in [-0.2, -0.15) is 0 Å². The summed E-state index contributed by atoms with van der Waals surface area (Å²) < 4.78 is 5.48. The molecule has 1 fully saturated rings. The molecule has 2 aliphatic heterocycles. The van der Waals surface area contributed by atoms with Gasteiger partial charge in [-0.05, 0) is 81.2 Å². The minimum absolute atomic E-state index is 0.0831. The van der Waals surface area contributed by atoms with E-state index in [0.29, 0.717) is 45.4 Å². The Balaban J connectivity index is 1.36. The number of nitrogens with one attached hydrogen (secondary N) is 1. The van der Waals surface area contributed by atoms with Gasteiger partial charge in [0.2, 0.25) is 11.8 Å². The zero-order chi connectivity index (χ0) is 37.4. The number of fused-ring (bicyclic) bond motifs is 1. The molecule has 0 aromatic heterocycles. The van der Waals surface area contributed by atoms with Gasteiger partial charge in [-0.15, -0.1) is 0 Å². The van der Waals surface area contributed by atoms with Crippen molar-refractivity contribution in [1.29, 1.82) is 0 Å². The number of aromatic carboxylic acids is 1. The molecule has 0 radical (unpaired) electrons. The molecule has 3 aliphatic rings. The van der Waals surface area contributed by atoms with Gasteiger partial charge in [-0.3, -0.25) is 9.59 Å². The molecule has 5 rings (SSSR count). The van der Waals surface area contributed by atoms with Crippen molar-refractivity contribution in [2.24, 2.45) is 16.7 Å². The number of alkyl carbamates (subject to hydrolysis) is 1. The van der Waals surface area contributed by atoms with E-state index in [4.69, 9.17) is 4.74 Å². The van der Waals surface area contributed by atoms with E-state index in [-0.39, 0.29) is 34.1 Å². The molecule has 0 saturated carbocycles. The molecule has 274 valence electrons. The minimum atomic E-state index is -0.943. The number of allylic oxidation sites excluding steroid dienone is 2. The van der Waals surface area contributed by atoms with Crippen molar-refractivity contribution in [3.63, 3.8) is 0 Å². The van der Waals surface area contributed by atoms with Crippen molar-refractivity contribution in [2.75, 3.05) is 26.2 Å². The standard InChI is InChI=1S/C42H55N3O6/c1-28(2)26-33(43-38(50)51-39(3,4)5)35(46)44-24-21-42(22-25-44,31-12-10-9-11-13-31)37(49)45-23-19-34-40(6,7)32(18-20-41(34,8)27-45)29-14-16-30(17-15-29)36(47)48/h9-19,28,33H,20-27H2,1-8H3,(H,43,50)(H,47,48)/t33-,41+/m0/s1. The number of hydrogen-bond acceptors (Lipinski definition) is 5. The second-order valence-corrected chi connectivity index (χ2v) is 16.8. The van der Waals surface area contributed by atoms with Crippen LogP contribution in [0.4, 0.5) is 4.79 Å². The number of hydrogen-bond donors (Lipinski definition) is 2. The first-order valence-corrected chi connectivity index (χ1v) is 18.2. The van der Waals surface area contributed by atoms with Gasteiger partial charge in [0.15, 0.2) is 0 Å². The highest BCUT2D eigenvalue weighted by atomic mass is 16.6. The molecule has 1 aliphatic carbocycles. The third-order valence-corrected chi connectivity index (χ3v) is 10.9. The van der Waals surface area contributed by atoms with Crippen molar-refractivity contribution in [3.05, 3.63) is 89.0 Å². The second-order valence-electron chi connectivity index (χ2n) is 16.8. The summed E-state index contributed by atoms with van der Waals surface area (Å²) >= 11 is 0. The lowest BCUT2D eigenvalue weighted by molar-refractivity contribution is -0.144. The maximum atomic E-state index is 14.9. The van der Waals surface area contributed by atoms with E-state index in [1.807, 2.05) is 61.2 Å². The van der Waals surface area contributed by atoms with Crippen LogP contribution >= 0.6 is 0 Å². The quantitative estimate of drug-likeness (QED) is 0.277. The fraction of sp³-hybridized carbons (Fsp3) is 0.524. The maximum absolute atomic E-state index is 14.9. The lowest BCUT2D eigenvalue weighted by Crippen LogP contribution is -2.59. The van der Waals surface area contributed by atoms with Crippen LogP contribution < -0.4 is 5.32 Å². The van der Waals surface area contributed by atoms with Crippen LogP contribution in [-0.2, 0) is 19.7 Å². The van der Waals surface area contributed by atoms with Crippen LogP contribution in [0.3, 0.4) is 0 Å². The molecule has 2 atom stereocenters. The third kappa shape index (κ3) is 7.92. The van der Waals surface area contributed by atoms with Gasteiger partial charge in [0, 0.05) is 37.0 Å². The molecule has 0 spiro atoms. The summed E-state index contributed by atoms with van der Waals surface area (Å²) in [5.41, 5.74) is 2.64. The molecule has 2 aromatic carbocycles. The van der Waals surface area contributed by atoms with Crippen LogP contribution in [0.25, 0.3) is 5.57 Å². The summed E-state index contributed by atoms with van der Waals surface area (Å²) in [6.07, 6.45) is 6.08. The van der Waals surface area contributed by atoms with Crippen LogP contribution in [0, 0.1) is 16.7 Å². The topological polar surface area (TPSA) is 116 Å². The highest BCUT2D eigenvalue weighted by Crippen LogP contribution is 2.55. The molecule has 9 heteroatoms. The number of piperidine rings is 1. The van der Waals surface area contributed by atoms with E-state index in [0.717, 1.165) is 23.1 Å². The molecule has 1 saturated heterocycles. The first-order chi connectivity index (χ1) is 23.9. The summed E-state index contributed by atoms with van der Waals surface area (Å²) in [4.78, 5) is 56.8. The average Bonchev–Trinajstić information content (AvgIpc) is 3.06. The van der Waals surface area contributed by atoms with Crippen molar-refractivity contribution in [2.45, 2.75) is 98.1 Å². The van der Waals surface area contributed by atoms with Crippen LogP contribution in [-0.4, -0.2) is 76.6 Å². The maximum Gasteiger partial charge on any atom is 0.408 e. The largest absolute Gasteiger partial charge is 0.478 e. The highest BCUT2D eigenvalue weighted by Gasteiger charge is 2.51. The Morgan fingerprint density at radius 2 is 1.53 bits per heavy atom. The van der Waals surface area contributed by atoms with E-state index >= 15 is 0 Å². The zero-order valence-corrected chi connectivity index (χ0v) is 31.5. The normalized spacial score (nSPS) is 21.9. The predicted molar refractivity (Wildman–Crippen MR) is 199 cm³/mol. The molecular weight excluding hydrogens is 642 g/mol. The number of ether oxygens (including phenoxy) is 1. The summed E-state index contributed by atoms with van der Waals surface area (Å²) in [6, 6.07) is 16.3. The monoisotopic (exact) mass is 697 g/mol. The lowest BCUT2D eigenvalue weighted by atomic mass is 9.58. The zero-order valence-electron chi connectivity index (χ0n) is 31.5. The van der Waals surface area contributed by atoms with Gasteiger partial charge in [0.25, 0.3) is 0 Å². The van der Waals surface area contributed by atoms with Gasteiger partial charge in [-0.1, -0.05) is 94.8 Å². The van der Waals surface area contributed by atoms with Crippen LogP contribution in [0.2, 0.25) is 0 Å². The van der Waals surface area contributed by atoms with Gasteiger partial charge < -0.3 is 25.0 Å². The van der Waals surface area contributed by atoms with Gasteiger partial charge in [0.05, 0.1) is 11.0 Å². The number of benzene rings is 2. The number of carboxylic acid groups (broad SMARTS) is 1. The molecule has 0 bridgehead atoms. The van der Waals surface area contributed by atoms with Crippen molar-refractivity contribution < 1.29 is 29.0 Å². The molecule has 2 heterocycles. The Hall–Kier alpha value is -4.40. The lowest BCUT2D eigenvalue weighted by Gasteiger charge is -2.52. The highest BCUT2D eigenvalue weighted by molar-refractivity contribution is 5.91.